The molecule has 0 fully saturated rings. The second-order valence-electron chi connectivity index (χ2n) is 9.09. The van der Waals surface area contributed by atoms with Gasteiger partial charge in [-0.2, -0.15) is 0 Å². The van der Waals surface area contributed by atoms with Crippen LogP contribution in [0.15, 0.2) is 128 Å². The zero-order valence-electron chi connectivity index (χ0n) is 19.8. The third kappa shape index (κ3) is 3.25. The average Bonchev–Trinajstić information content (AvgIpc) is 3.50. The van der Waals surface area contributed by atoms with Crippen molar-refractivity contribution in [2.75, 3.05) is 0 Å². The van der Waals surface area contributed by atoms with Gasteiger partial charge in [-0.1, -0.05) is 72.8 Å². The molecule has 37 heavy (non-hydrogen) atoms. The molecule has 0 aliphatic rings. The number of nitro benzene ring substituents is 1. The van der Waals surface area contributed by atoms with Gasteiger partial charge in [0.25, 0.3) is 5.69 Å². The van der Waals surface area contributed by atoms with Gasteiger partial charge >= 0.3 is 0 Å². The Morgan fingerprint density at radius 1 is 0.541 bits per heavy atom. The van der Waals surface area contributed by atoms with Gasteiger partial charge in [0.05, 0.1) is 27.0 Å². The third-order valence-electron chi connectivity index (χ3n) is 7.05. The molecule has 7 aromatic rings. The number of benzene rings is 5. The van der Waals surface area contributed by atoms with Gasteiger partial charge < -0.3 is 9.13 Å². The topological polar surface area (TPSA) is 53.0 Å². The third-order valence-corrected chi connectivity index (χ3v) is 7.05. The molecule has 0 saturated carbocycles. The highest BCUT2D eigenvalue weighted by atomic mass is 16.6. The fourth-order valence-electron chi connectivity index (χ4n) is 5.45. The lowest BCUT2D eigenvalue weighted by Gasteiger charge is -2.11. The maximum absolute atomic E-state index is 11.8. The predicted molar refractivity (Wildman–Crippen MR) is 150 cm³/mol. The van der Waals surface area contributed by atoms with Gasteiger partial charge in [-0.15, -0.1) is 0 Å². The van der Waals surface area contributed by atoms with Crippen LogP contribution in [0, 0.1) is 10.1 Å². The summed E-state index contributed by atoms with van der Waals surface area (Å²) < 4.78 is 4.42. The summed E-state index contributed by atoms with van der Waals surface area (Å²) >= 11 is 0. The van der Waals surface area contributed by atoms with Crippen LogP contribution in [0.5, 0.6) is 0 Å². The number of nitro groups is 1. The molecule has 5 aromatic carbocycles. The Bertz CT molecular complexity index is 1930. The van der Waals surface area contributed by atoms with Crippen LogP contribution in [0.1, 0.15) is 0 Å². The van der Waals surface area contributed by atoms with Crippen molar-refractivity contribution in [1.82, 2.24) is 9.13 Å². The van der Waals surface area contributed by atoms with Crippen molar-refractivity contribution in [3.8, 4) is 22.5 Å². The van der Waals surface area contributed by atoms with E-state index in [1.54, 1.807) is 12.1 Å². The summed E-state index contributed by atoms with van der Waals surface area (Å²) in [6, 6.07) is 40.3. The van der Waals surface area contributed by atoms with E-state index in [0.29, 0.717) is 5.56 Å². The second-order valence-corrected chi connectivity index (χ2v) is 9.09. The molecule has 2 heterocycles. The summed E-state index contributed by atoms with van der Waals surface area (Å²) in [6.45, 7) is 0. The molecule has 0 aliphatic heterocycles. The van der Waals surface area contributed by atoms with Crippen LogP contribution in [0.25, 0.3) is 55.2 Å². The van der Waals surface area contributed by atoms with E-state index in [-0.39, 0.29) is 10.6 Å². The highest BCUT2D eigenvalue weighted by Crippen LogP contribution is 2.38. The van der Waals surface area contributed by atoms with E-state index in [1.165, 1.54) is 10.8 Å². The fourth-order valence-corrected chi connectivity index (χ4v) is 5.45. The van der Waals surface area contributed by atoms with Crippen molar-refractivity contribution in [2.45, 2.75) is 0 Å². The summed E-state index contributed by atoms with van der Waals surface area (Å²) in [5.41, 5.74) is 6.89. The molecule has 0 aliphatic carbocycles. The number of hydrogen-bond acceptors (Lipinski definition) is 2. The Balaban J connectivity index is 1.47. The lowest BCUT2D eigenvalue weighted by molar-refractivity contribution is -0.384. The molecule has 0 spiro atoms. The van der Waals surface area contributed by atoms with Gasteiger partial charge in [0.15, 0.2) is 0 Å². The van der Waals surface area contributed by atoms with Crippen LogP contribution < -0.4 is 0 Å². The molecule has 0 N–H and O–H groups in total. The first-order chi connectivity index (χ1) is 18.2. The Labute approximate surface area is 212 Å². The zero-order valence-corrected chi connectivity index (χ0v) is 19.8. The first kappa shape index (κ1) is 21.1. The molecule has 0 unspecified atom stereocenters. The normalized spacial score (nSPS) is 11.5. The van der Waals surface area contributed by atoms with Gasteiger partial charge in [-0.25, -0.2) is 0 Å². The SMILES string of the molecule is O=[N+]([O-])c1ccccc1-c1cn(-c2cccc(-n3c4ccccc4c4ccccc43)c2)c2ccccc12. The van der Waals surface area contributed by atoms with E-state index in [0.717, 1.165) is 38.9 Å². The number of hydrogen-bond donors (Lipinski definition) is 0. The van der Waals surface area contributed by atoms with Gasteiger partial charge in [-0.3, -0.25) is 10.1 Å². The maximum Gasteiger partial charge on any atom is 0.277 e. The Morgan fingerprint density at radius 2 is 1.11 bits per heavy atom. The van der Waals surface area contributed by atoms with E-state index in [2.05, 4.69) is 88.0 Å². The summed E-state index contributed by atoms with van der Waals surface area (Å²) in [4.78, 5) is 11.5. The molecular weight excluding hydrogens is 458 g/mol. The molecule has 0 bridgehead atoms. The Kier molecular flexibility index (Phi) is 4.69. The molecule has 176 valence electrons. The Morgan fingerprint density at radius 3 is 1.81 bits per heavy atom. The van der Waals surface area contributed by atoms with E-state index in [1.807, 2.05) is 36.5 Å². The number of para-hydroxylation sites is 4. The van der Waals surface area contributed by atoms with Crippen LogP contribution >= 0.6 is 0 Å². The molecule has 0 atom stereocenters. The summed E-state index contributed by atoms with van der Waals surface area (Å²) in [7, 11) is 0. The number of fused-ring (bicyclic) bond motifs is 4. The van der Waals surface area contributed by atoms with E-state index in [4.69, 9.17) is 0 Å². The van der Waals surface area contributed by atoms with Crippen molar-refractivity contribution in [3.05, 3.63) is 138 Å². The average molecular weight is 480 g/mol. The molecular formula is C32H21N3O2. The molecule has 0 radical (unpaired) electrons. The van der Waals surface area contributed by atoms with Gasteiger partial charge in [0.1, 0.15) is 0 Å². The first-order valence-electron chi connectivity index (χ1n) is 12.1. The lowest BCUT2D eigenvalue weighted by atomic mass is 10.0. The molecule has 5 heteroatoms. The van der Waals surface area contributed by atoms with Crippen LogP contribution in [-0.4, -0.2) is 14.1 Å². The quantitative estimate of drug-likeness (QED) is 0.188. The van der Waals surface area contributed by atoms with Crippen LogP contribution in [0.4, 0.5) is 5.69 Å². The van der Waals surface area contributed by atoms with E-state index in [9.17, 15) is 10.1 Å². The highest BCUT2D eigenvalue weighted by molar-refractivity contribution is 6.09. The molecule has 0 amide bonds. The number of nitrogens with zero attached hydrogens (tertiary/aromatic N) is 3. The molecule has 0 saturated heterocycles. The van der Waals surface area contributed by atoms with Crippen molar-refractivity contribution in [1.29, 1.82) is 0 Å². The monoisotopic (exact) mass is 479 g/mol. The predicted octanol–water partition coefficient (Wildman–Crippen LogP) is 8.30. The smallest absolute Gasteiger partial charge is 0.277 e. The fraction of sp³-hybridized carbons (Fsp3) is 0. The largest absolute Gasteiger partial charge is 0.316 e. The van der Waals surface area contributed by atoms with Crippen molar-refractivity contribution in [3.63, 3.8) is 0 Å². The van der Waals surface area contributed by atoms with Crippen LogP contribution in [0.2, 0.25) is 0 Å². The number of rotatable bonds is 4. The van der Waals surface area contributed by atoms with Crippen LogP contribution in [-0.2, 0) is 0 Å². The van der Waals surface area contributed by atoms with Gasteiger partial charge in [-0.05, 0) is 42.5 Å². The summed E-state index contributed by atoms with van der Waals surface area (Å²) in [5.74, 6) is 0. The minimum absolute atomic E-state index is 0.101. The molecule has 2 aromatic heterocycles. The van der Waals surface area contributed by atoms with Gasteiger partial charge in [0.2, 0.25) is 0 Å². The van der Waals surface area contributed by atoms with Crippen molar-refractivity contribution < 1.29 is 4.92 Å². The standard InChI is InChI=1S/C32H21N3O2/c36-35(37)32-19-8-4-15-27(32)28-21-33(29-16-5-1-14-26(28)29)22-10-9-11-23(20-22)34-30-17-6-2-12-24(30)25-13-3-7-18-31(25)34/h1-21H. The Hall–Kier alpha value is -5.16. The minimum atomic E-state index is -0.315. The summed E-state index contributed by atoms with van der Waals surface area (Å²) in [5, 5.41) is 15.2. The van der Waals surface area contributed by atoms with Crippen molar-refractivity contribution >= 4 is 38.4 Å². The van der Waals surface area contributed by atoms with Gasteiger partial charge in [0, 0.05) is 45.4 Å². The minimum Gasteiger partial charge on any atom is -0.316 e. The second kappa shape index (κ2) is 8.21. The molecule has 5 nitrogen and oxygen atoms in total. The van der Waals surface area contributed by atoms with Crippen LogP contribution in [0.3, 0.4) is 0 Å². The zero-order chi connectivity index (χ0) is 24.9. The highest BCUT2D eigenvalue weighted by Gasteiger charge is 2.20. The first-order valence-corrected chi connectivity index (χ1v) is 12.1. The summed E-state index contributed by atoms with van der Waals surface area (Å²) in [6.07, 6.45) is 2.01. The molecule has 7 rings (SSSR count). The number of aromatic nitrogens is 2. The lowest BCUT2D eigenvalue weighted by Crippen LogP contribution is -1.97. The van der Waals surface area contributed by atoms with Crippen molar-refractivity contribution in [2.24, 2.45) is 0 Å². The van der Waals surface area contributed by atoms with E-state index < -0.39 is 0 Å². The maximum atomic E-state index is 11.8. The van der Waals surface area contributed by atoms with E-state index >= 15 is 0 Å².